The zero-order valence-electron chi connectivity index (χ0n) is 17.2. The molecule has 1 aliphatic rings. The molecule has 0 saturated heterocycles. The molecule has 3 rings (SSSR count). The lowest BCUT2D eigenvalue weighted by Crippen LogP contribution is -2.40. The van der Waals surface area contributed by atoms with Crippen LogP contribution < -0.4 is 15.4 Å². The van der Waals surface area contributed by atoms with Crippen LogP contribution in [0.3, 0.4) is 0 Å². The zero-order valence-corrected chi connectivity index (χ0v) is 17.9. The molecule has 0 fully saturated rings. The standard InChI is InChI=1S/C21H19ClF4N2O5/c1-32-17-5-3-12(22)7-15(17)20(23)14-4-2-11(21(24,25)26)6-16(14)28(19(20)31)10-33-18(30)8-13(29)9-27/h2-7,13,29H,8-10,27H2,1H3/t13-,20+/m1/s1. The topological polar surface area (TPSA) is 102 Å². The molecule has 0 aromatic heterocycles. The number of methoxy groups -OCH3 is 1. The average Bonchev–Trinajstić information content (AvgIpc) is 2.98. The Labute approximate surface area is 190 Å². The number of amides is 1. The maximum atomic E-state index is 16.5. The van der Waals surface area contributed by atoms with Crippen LogP contribution in [0.5, 0.6) is 5.75 Å². The molecular formula is C21H19ClF4N2O5. The molecule has 3 N–H and O–H groups in total. The van der Waals surface area contributed by atoms with Crippen LogP contribution in [0.15, 0.2) is 36.4 Å². The van der Waals surface area contributed by atoms with Crippen LogP contribution in [0.1, 0.15) is 23.1 Å². The van der Waals surface area contributed by atoms with Gasteiger partial charge in [0.05, 0.1) is 30.9 Å². The van der Waals surface area contributed by atoms with Crippen LogP contribution in [0.2, 0.25) is 5.02 Å². The Balaban J connectivity index is 2.09. The van der Waals surface area contributed by atoms with Gasteiger partial charge in [0.25, 0.3) is 5.91 Å². The SMILES string of the molecule is COc1ccc(Cl)cc1[C@]1(F)C(=O)N(COC(=O)C[C@@H](O)CN)c2cc(C(F)(F)F)ccc21. The molecule has 12 heteroatoms. The summed E-state index contributed by atoms with van der Waals surface area (Å²) in [6, 6.07) is 5.91. The number of nitrogens with zero attached hydrogens (tertiary/aromatic N) is 1. The number of halogens is 5. The first-order chi connectivity index (χ1) is 15.4. The third-order valence-electron chi connectivity index (χ3n) is 5.09. The van der Waals surface area contributed by atoms with E-state index in [-0.39, 0.29) is 22.9 Å². The van der Waals surface area contributed by atoms with E-state index in [1.807, 2.05) is 0 Å². The second kappa shape index (κ2) is 9.16. The Kier molecular flexibility index (Phi) is 6.87. The van der Waals surface area contributed by atoms with Crippen molar-refractivity contribution in [3.05, 3.63) is 58.1 Å². The highest BCUT2D eigenvalue weighted by Gasteiger charge is 2.55. The summed E-state index contributed by atoms with van der Waals surface area (Å²) in [6.07, 6.45) is -6.51. The summed E-state index contributed by atoms with van der Waals surface area (Å²) in [4.78, 5) is 25.7. The highest BCUT2D eigenvalue weighted by atomic mass is 35.5. The number of esters is 1. The fourth-order valence-corrected chi connectivity index (χ4v) is 3.61. The molecular weight excluding hydrogens is 472 g/mol. The van der Waals surface area contributed by atoms with E-state index in [2.05, 4.69) is 0 Å². The lowest BCUT2D eigenvalue weighted by atomic mass is 9.88. The molecule has 2 aromatic carbocycles. The van der Waals surface area contributed by atoms with Crippen LogP contribution in [0.4, 0.5) is 23.2 Å². The minimum Gasteiger partial charge on any atom is -0.496 e. The van der Waals surface area contributed by atoms with E-state index in [1.165, 1.54) is 19.2 Å². The molecule has 0 saturated carbocycles. The first-order valence-corrected chi connectivity index (χ1v) is 9.91. The second-order valence-electron chi connectivity index (χ2n) is 7.21. The molecule has 1 heterocycles. The number of alkyl halides is 4. The summed E-state index contributed by atoms with van der Waals surface area (Å²) >= 11 is 5.98. The van der Waals surface area contributed by atoms with Gasteiger partial charge in [0, 0.05) is 22.7 Å². The Morgan fingerprint density at radius 2 is 1.94 bits per heavy atom. The number of aliphatic hydroxyl groups is 1. The smallest absolute Gasteiger partial charge is 0.416 e. The number of hydrogen-bond acceptors (Lipinski definition) is 6. The van der Waals surface area contributed by atoms with Gasteiger partial charge in [0.2, 0.25) is 5.67 Å². The van der Waals surface area contributed by atoms with Gasteiger partial charge in [-0.3, -0.25) is 14.5 Å². The molecule has 1 amide bonds. The number of rotatable bonds is 7. The van der Waals surface area contributed by atoms with Crippen molar-refractivity contribution < 1.29 is 41.7 Å². The number of carbonyl (C=O) groups is 2. The van der Waals surface area contributed by atoms with Crippen molar-refractivity contribution in [2.24, 2.45) is 5.73 Å². The summed E-state index contributed by atoms with van der Waals surface area (Å²) in [6.45, 7) is -1.13. The van der Waals surface area contributed by atoms with Gasteiger partial charge in [-0.25, -0.2) is 4.39 Å². The quantitative estimate of drug-likeness (QED) is 0.457. The lowest BCUT2D eigenvalue weighted by molar-refractivity contribution is -0.146. The Hall–Kier alpha value is -2.89. The van der Waals surface area contributed by atoms with Crippen LogP contribution in [0, 0.1) is 0 Å². The molecule has 1 aliphatic heterocycles. The number of nitrogens with two attached hydrogens (primary N) is 1. The van der Waals surface area contributed by atoms with E-state index in [9.17, 15) is 27.9 Å². The van der Waals surface area contributed by atoms with Crippen molar-refractivity contribution in [3.63, 3.8) is 0 Å². The second-order valence-corrected chi connectivity index (χ2v) is 7.64. The summed E-state index contributed by atoms with van der Waals surface area (Å²) in [5.41, 5.74) is -0.0520. The largest absolute Gasteiger partial charge is 0.496 e. The van der Waals surface area contributed by atoms with E-state index in [0.29, 0.717) is 17.0 Å². The number of benzene rings is 2. The Morgan fingerprint density at radius 1 is 1.24 bits per heavy atom. The van der Waals surface area contributed by atoms with Crippen molar-refractivity contribution in [2.75, 3.05) is 25.3 Å². The van der Waals surface area contributed by atoms with E-state index < -0.39 is 59.8 Å². The van der Waals surface area contributed by atoms with Crippen LogP contribution >= 0.6 is 11.6 Å². The van der Waals surface area contributed by atoms with Crippen molar-refractivity contribution >= 4 is 29.2 Å². The maximum absolute atomic E-state index is 16.5. The summed E-state index contributed by atoms with van der Waals surface area (Å²) in [5.74, 6) is -2.35. The molecule has 0 unspecified atom stereocenters. The first-order valence-electron chi connectivity index (χ1n) is 9.53. The van der Waals surface area contributed by atoms with E-state index in [0.717, 1.165) is 12.1 Å². The monoisotopic (exact) mass is 490 g/mol. The molecule has 0 spiro atoms. The predicted octanol–water partition coefficient (Wildman–Crippen LogP) is 3.14. The molecule has 33 heavy (non-hydrogen) atoms. The minimum absolute atomic E-state index is 0.0599. The van der Waals surface area contributed by atoms with Crippen molar-refractivity contribution in [3.8, 4) is 5.75 Å². The third kappa shape index (κ3) is 4.61. The zero-order chi connectivity index (χ0) is 24.6. The number of fused-ring (bicyclic) bond motifs is 1. The van der Waals surface area contributed by atoms with Crippen LogP contribution in [-0.4, -0.2) is 43.5 Å². The van der Waals surface area contributed by atoms with Crippen molar-refractivity contribution in [2.45, 2.75) is 24.4 Å². The van der Waals surface area contributed by atoms with E-state index in [4.69, 9.17) is 26.8 Å². The first kappa shape index (κ1) is 24.7. The molecule has 0 aliphatic carbocycles. The van der Waals surface area contributed by atoms with Crippen LogP contribution in [-0.2, 0) is 26.2 Å². The van der Waals surface area contributed by atoms with Gasteiger partial charge in [-0.2, -0.15) is 13.2 Å². The summed E-state index contributed by atoms with van der Waals surface area (Å²) in [7, 11) is 1.23. The lowest BCUT2D eigenvalue weighted by Gasteiger charge is -2.23. The highest BCUT2D eigenvalue weighted by molar-refractivity contribution is 6.30. The Bertz CT molecular complexity index is 1080. The number of carbonyl (C=O) groups excluding carboxylic acids is 2. The molecule has 0 bridgehead atoms. The van der Waals surface area contributed by atoms with Gasteiger partial charge in [0.15, 0.2) is 6.73 Å². The molecule has 2 atom stereocenters. The normalized spacial score (nSPS) is 18.8. The Morgan fingerprint density at radius 3 is 2.55 bits per heavy atom. The van der Waals surface area contributed by atoms with E-state index >= 15 is 4.39 Å². The molecule has 178 valence electrons. The van der Waals surface area contributed by atoms with Gasteiger partial charge in [-0.05, 0) is 30.3 Å². The van der Waals surface area contributed by atoms with Gasteiger partial charge in [-0.1, -0.05) is 17.7 Å². The summed E-state index contributed by atoms with van der Waals surface area (Å²) in [5, 5.41) is 9.51. The summed E-state index contributed by atoms with van der Waals surface area (Å²) < 4.78 is 66.5. The van der Waals surface area contributed by atoms with E-state index in [1.54, 1.807) is 0 Å². The van der Waals surface area contributed by atoms with Gasteiger partial charge in [0.1, 0.15) is 5.75 Å². The predicted molar refractivity (Wildman–Crippen MR) is 109 cm³/mol. The van der Waals surface area contributed by atoms with Gasteiger partial charge >= 0.3 is 12.1 Å². The average molecular weight is 491 g/mol. The van der Waals surface area contributed by atoms with Crippen LogP contribution in [0.25, 0.3) is 0 Å². The van der Waals surface area contributed by atoms with Gasteiger partial charge in [-0.15, -0.1) is 0 Å². The molecule has 7 nitrogen and oxygen atoms in total. The number of hydrogen-bond donors (Lipinski definition) is 2. The van der Waals surface area contributed by atoms with Crippen molar-refractivity contribution in [1.29, 1.82) is 0 Å². The maximum Gasteiger partial charge on any atom is 0.416 e. The van der Waals surface area contributed by atoms with Gasteiger partial charge < -0.3 is 20.3 Å². The van der Waals surface area contributed by atoms with Crippen molar-refractivity contribution in [1.82, 2.24) is 0 Å². The number of anilines is 1. The number of ether oxygens (including phenoxy) is 2. The molecule has 2 aromatic rings. The third-order valence-corrected chi connectivity index (χ3v) is 5.32. The number of aliphatic hydroxyl groups excluding tert-OH is 1. The molecule has 0 radical (unpaired) electrons. The highest BCUT2D eigenvalue weighted by Crippen LogP contribution is 2.51. The fourth-order valence-electron chi connectivity index (χ4n) is 3.44. The fraction of sp³-hybridized carbons (Fsp3) is 0.333. The minimum atomic E-state index is -4.78.